The standard InChI is InChI=1S/C22H20N2/c23-19-11-5-3-8-15(19)18-13-21-22(16-9-2-1-7-14(16)18)17-10-4-6-12-20(17)24-21/h3-6,8,10-13,24H,1-2,7,9,23H2. The monoisotopic (exact) mass is 312 g/mol. The van der Waals surface area contributed by atoms with E-state index in [1.807, 2.05) is 12.1 Å². The molecule has 1 heterocycles. The number of aromatic amines is 1. The van der Waals surface area contributed by atoms with Gasteiger partial charge in [-0.3, -0.25) is 0 Å². The molecule has 0 radical (unpaired) electrons. The van der Waals surface area contributed by atoms with E-state index in [1.54, 1.807) is 0 Å². The molecule has 0 unspecified atom stereocenters. The van der Waals surface area contributed by atoms with Gasteiger partial charge in [-0.1, -0.05) is 36.4 Å². The molecule has 3 N–H and O–H groups in total. The minimum absolute atomic E-state index is 0.862. The van der Waals surface area contributed by atoms with E-state index >= 15 is 0 Å². The zero-order valence-electron chi connectivity index (χ0n) is 13.6. The summed E-state index contributed by atoms with van der Waals surface area (Å²) >= 11 is 0. The summed E-state index contributed by atoms with van der Waals surface area (Å²) in [4.78, 5) is 3.62. The molecule has 0 atom stereocenters. The van der Waals surface area contributed by atoms with Crippen LogP contribution in [-0.4, -0.2) is 4.98 Å². The van der Waals surface area contributed by atoms with Crippen LogP contribution in [0.1, 0.15) is 24.0 Å². The largest absolute Gasteiger partial charge is 0.398 e. The molecule has 2 heteroatoms. The Morgan fingerprint density at radius 1 is 0.750 bits per heavy atom. The zero-order chi connectivity index (χ0) is 16.1. The van der Waals surface area contributed by atoms with Gasteiger partial charge in [0.2, 0.25) is 0 Å². The Labute approximate surface area is 141 Å². The number of fused-ring (bicyclic) bond motifs is 5. The first kappa shape index (κ1) is 13.7. The fraction of sp³-hybridized carbons (Fsp3) is 0.182. The van der Waals surface area contributed by atoms with Crippen molar-refractivity contribution in [2.24, 2.45) is 0 Å². The third-order valence-corrected chi connectivity index (χ3v) is 5.37. The fourth-order valence-electron chi connectivity index (χ4n) is 4.29. The smallest absolute Gasteiger partial charge is 0.0474 e. The SMILES string of the molecule is Nc1ccccc1-c1cc2[nH]c3ccccc3c2c2c1CCCC2. The van der Waals surface area contributed by atoms with Gasteiger partial charge in [-0.15, -0.1) is 0 Å². The van der Waals surface area contributed by atoms with Crippen LogP contribution >= 0.6 is 0 Å². The summed E-state index contributed by atoms with van der Waals surface area (Å²) in [5.74, 6) is 0. The summed E-state index contributed by atoms with van der Waals surface area (Å²) < 4.78 is 0. The number of hydrogen-bond donors (Lipinski definition) is 2. The number of anilines is 1. The minimum atomic E-state index is 0.862. The number of rotatable bonds is 1. The van der Waals surface area contributed by atoms with Crippen molar-refractivity contribution in [1.29, 1.82) is 0 Å². The number of para-hydroxylation sites is 2. The van der Waals surface area contributed by atoms with Crippen molar-refractivity contribution in [3.8, 4) is 11.1 Å². The van der Waals surface area contributed by atoms with E-state index in [0.717, 1.165) is 24.1 Å². The highest BCUT2D eigenvalue weighted by molar-refractivity contribution is 6.11. The number of nitrogen functional groups attached to an aromatic ring is 1. The van der Waals surface area contributed by atoms with Gasteiger partial charge in [-0.25, -0.2) is 0 Å². The van der Waals surface area contributed by atoms with Crippen LogP contribution < -0.4 is 5.73 Å². The van der Waals surface area contributed by atoms with Crippen LogP contribution in [0, 0.1) is 0 Å². The Balaban J connectivity index is 1.92. The second-order valence-corrected chi connectivity index (χ2v) is 6.77. The summed E-state index contributed by atoms with van der Waals surface area (Å²) in [7, 11) is 0. The molecule has 1 aromatic heterocycles. The topological polar surface area (TPSA) is 41.8 Å². The molecular weight excluding hydrogens is 292 g/mol. The molecule has 1 aliphatic carbocycles. The van der Waals surface area contributed by atoms with Crippen LogP contribution in [0.15, 0.2) is 54.6 Å². The lowest BCUT2D eigenvalue weighted by atomic mass is 9.83. The van der Waals surface area contributed by atoms with Crippen LogP contribution in [0.5, 0.6) is 0 Å². The van der Waals surface area contributed by atoms with E-state index in [0.29, 0.717) is 0 Å². The van der Waals surface area contributed by atoms with Crippen molar-refractivity contribution < 1.29 is 0 Å². The molecular formula is C22H20N2. The molecule has 5 rings (SSSR count). The van der Waals surface area contributed by atoms with Gasteiger partial charge in [0.05, 0.1) is 0 Å². The van der Waals surface area contributed by atoms with Crippen molar-refractivity contribution in [1.82, 2.24) is 4.98 Å². The Kier molecular flexibility index (Phi) is 2.93. The van der Waals surface area contributed by atoms with Crippen LogP contribution in [0.3, 0.4) is 0 Å². The lowest BCUT2D eigenvalue weighted by molar-refractivity contribution is 0.691. The first-order valence-corrected chi connectivity index (χ1v) is 8.73. The Hall–Kier alpha value is -2.74. The molecule has 0 amide bonds. The average Bonchev–Trinajstić information content (AvgIpc) is 3.00. The van der Waals surface area contributed by atoms with Crippen molar-refractivity contribution in [2.75, 3.05) is 5.73 Å². The number of aromatic nitrogens is 1. The fourth-order valence-corrected chi connectivity index (χ4v) is 4.29. The third-order valence-electron chi connectivity index (χ3n) is 5.37. The van der Waals surface area contributed by atoms with Gasteiger partial charge in [0, 0.05) is 33.1 Å². The van der Waals surface area contributed by atoms with E-state index in [1.165, 1.54) is 51.3 Å². The quantitative estimate of drug-likeness (QED) is 0.451. The van der Waals surface area contributed by atoms with Gasteiger partial charge >= 0.3 is 0 Å². The van der Waals surface area contributed by atoms with E-state index in [9.17, 15) is 0 Å². The van der Waals surface area contributed by atoms with Crippen LogP contribution in [0.25, 0.3) is 32.9 Å². The third kappa shape index (κ3) is 1.89. The molecule has 118 valence electrons. The van der Waals surface area contributed by atoms with Crippen molar-refractivity contribution in [3.63, 3.8) is 0 Å². The molecule has 24 heavy (non-hydrogen) atoms. The first-order valence-electron chi connectivity index (χ1n) is 8.73. The van der Waals surface area contributed by atoms with E-state index in [-0.39, 0.29) is 0 Å². The molecule has 1 aliphatic rings. The second kappa shape index (κ2) is 5.13. The van der Waals surface area contributed by atoms with Crippen molar-refractivity contribution in [3.05, 3.63) is 65.7 Å². The maximum atomic E-state index is 6.29. The maximum absolute atomic E-state index is 6.29. The average molecular weight is 312 g/mol. The molecule has 0 saturated carbocycles. The summed E-state index contributed by atoms with van der Waals surface area (Å²) in [6.45, 7) is 0. The summed E-state index contributed by atoms with van der Waals surface area (Å²) in [6.07, 6.45) is 4.85. The number of nitrogens with one attached hydrogen (secondary N) is 1. The van der Waals surface area contributed by atoms with Crippen LogP contribution in [-0.2, 0) is 12.8 Å². The van der Waals surface area contributed by atoms with Crippen molar-refractivity contribution >= 4 is 27.5 Å². The number of nitrogens with two attached hydrogens (primary N) is 1. The Bertz CT molecular complexity index is 1070. The Morgan fingerprint density at radius 3 is 2.38 bits per heavy atom. The van der Waals surface area contributed by atoms with Crippen LogP contribution in [0.4, 0.5) is 5.69 Å². The summed E-state index contributed by atoms with van der Waals surface area (Å²) in [5.41, 5.74) is 15.1. The highest BCUT2D eigenvalue weighted by atomic mass is 14.7. The molecule has 3 aromatic carbocycles. The highest BCUT2D eigenvalue weighted by Crippen LogP contribution is 2.41. The molecule has 0 aliphatic heterocycles. The predicted octanol–water partition coefficient (Wildman–Crippen LogP) is 5.45. The molecule has 2 nitrogen and oxygen atoms in total. The van der Waals surface area contributed by atoms with Gasteiger partial charge in [0.15, 0.2) is 0 Å². The summed E-state index contributed by atoms with van der Waals surface area (Å²) in [6, 6.07) is 19.2. The highest BCUT2D eigenvalue weighted by Gasteiger charge is 2.21. The van der Waals surface area contributed by atoms with E-state index in [4.69, 9.17) is 5.73 Å². The normalized spacial score (nSPS) is 14.2. The molecule has 0 saturated heterocycles. The second-order valence-electron chi connectivity index (χ2n) is 6.77. The Morgan fingerprint density at radius 2 is 1.50 bits per heavy atom. The lowest BCUT2D eigenvalue weighted by Gasteiger charge is -2.22. The van der Waals surface area contributed by atoms with Gasteiger partial charge in [-0.2, -0.15) is 0 Å². The van der Waals surface area contributed by atoms with Gasteiger partial charge in [0.25, 0.3) is 0 Å². The number of hydrogen-bond acceptors (Lipinski definition) is 1. The van der Waals surface area contributed by atoms with Gasteiger partial charge < -0.3 is 10.7 Å². The van der Waals surface area contributed by atoms with Gasteiger partial charge in [0.1, 0.15) is 0 Å². The first-order chi connectivity index (χ1) is 11.8. The number of benzene rings is 3. The minimum Gasteiger partial charge on any atom is -0.398 e. The predicted molar refractivity (Wildman–Crippen MR) is 102 cm³/mol. The number of H-pyrrole nitrogens is 1. The molecule has 0 bridgehead atoms. The van der Waals surface area contributed by atoms with Gasteiger partial charge in [-0.05, 0) is 60.6 Å². The number of aryl methyl sites for hydroxylation is 1. The summed E-state index contributed by atoms with van der Waals surface area (Å²) in [5, 5.41) is 2.76. The van der Waals surface area contributed by atoms with E-state index < -0.39 is 0 Å². The zero-order valence-corrected chi connectivity index (χ0v) is 13.6. The van der Waals surface area contributed by atoms with Crippen LogP contribution in [0.2, 0.25) is 0 Å². The maximum Gasteiger partial charge on any atom is 0.0474 e. The lowest BCUT2D eigenvalue weighted by Crippen LogP contribution is -2.06. The van der Waals surface area contributed by atoms with E-state index in [2.05, 4.69) is 47.4 Å². The molecule has 4 aromatic rings. The molecule has 0 fully saturated rings. The molecule has 0 spiro atoms. The van der Waals surface area contributed by atoms with Crippen molar-refractivity contribution in [2.45, 2.75) is 25.7 Å².